The average molecular weight is 406 g/mol. The summed E-state index contributed by atoms with van der Waals surface area (Å²) in [6.45, 7) is -2.34. The van der Waals surface area contributed by atoms with Crippen molar-refractivity contribution in [3.8, 4) is 11.5 Å². The van der Waals surface area contributed by atoms with E-state index in [0.717, 1.165) is 12.8 Å². The molecule has 0 bridgehead atoms. The number of carbonyl (C=O) groups is 1. The summed E-state index contributed by atoms with van der Waals surface area (Å²) in [5.74, 6) is 0.449. The first-order valence-corrected chi connectivity index (χ1v) is 9.48. The van der Waals surface area contributed by atoms with Crippen molar-refractivity contribution in [2.75, 3.05) is 13.7 Å². The quantitative estimate of drug-likeness (QED) is 0.764. The molecule has 29 heavy (non-hydrogen) atoms. The minimum atomic E-state index is -2.89. The molecular weight excluding hydrogens is 382 g/mol. The van der Waals surface area contributed by atoms with Gasteiger partial charge in [0.15, 0.2) is 0 Å². The van der Waals surface area contributed by atoms with Gasteiger partial charge in [-0.05, 0) is 43.0 Å². The minimum Gasteiger partial charge on any atom is -0.496 e. The average Bonchev–Trinajstić information content (AvgIpc) is 2.74. The number of aromatic nitrogens is 1. The number of methoxy groups -OCH3 is 1. The summed E-state index contributed by atoms with van der Waals surface area (Å²) >= 11 is 0. The fourth-order valence-corrected chi connectivity index (χ4v) is 3.67. The number of aliphatic hydroxyl groups is 1. The van der Waals surface area contributed by atoms with Crippen LogP contribution in [-0.4, -0.2) is 47.2 Å². The third-order valence-electron chi connectivity index (χ3n) is 5.09. The maximum absolute atomic E-state index is 12.9. The van der Waals surface area contributed by atoms with Crippen LogP contribution in [0, 0.1) is 0 Å². The van der Waals surface area contributed by atoms with Gasteiger partial charge in [0.1, 0.15) is 17.6 Å². The van der Waals surface area contributed by atoms with E-state index in [1.165, 1.54) is 19.2 Å². The lowest BCUT2D eigenvalue weighted by atomic mass is 9.92. The normalized spacial score (nSPS) is 17.8. The number of pyridine rings is 1. The number of hydrogen-bond acceptors (Lipinski definition) is 5. The van der Waals surface area contributed by atoms with E-state index in [0.29, 0.717) is 29.8 Å². The molecule has 0 spiro atoms. The Morgan fingerprint density at radius 2 is 2.03 bits per heavy atom. The predicted octanol–water partition coefficient (Wildman–Crippen LogP) is 3.35. The maximum atomic E-state index is 12.9. The van der Waals surface area contributed by atoms with E-state index in [-0.39, 0.29) is 24.1 Å². The zero-order chi connectivity index (χ0) is 20.8. The number of piperidine rings is 1. The SMILES string of the molecule is COc1ccncc1C(O)C1CCCCN1C(=O)Cc1ccc(OC(F)F)cc1. The van der Waals surface area contributed by atoms with Gasteiger partial charge in [0, 0.05) is 24.5 Å². The third-order valence-corrected chi connectivity index (χ3v) is 5.09. The van der Waals surface area contributed by atoms with Gasteiger partial charge < -0.3 is 19.5 Å². The van der Waals surface area contributed by atoms with Crippen LogP contribution < -0.4 is 9.47 Å². The van der Waals surface area contributed by atoms with Crippen molar-refractivity contribution in [1.29, 1.82) is 0 Å². The van der Waals surface area contributed by atoms with Gasteiger partial charge in [0.05, 0.1) is 19.6 Å². The summed E-state index contributed by atoms with van der Waals surface area (Å²) in [5.41, 5.74) is 1.24. The highest BCUT2D eigenvalue weighted by Crippen LogP contribution is 2.33. The molecule has 8 heteroatoms. The van der Waals surface area contributed by atoms with Crippen LogP contribution in [0.2, 0.25) is 0 Å². The van der Waals surface area contributed by atoms with Crippen LogP contribution in [0.15, 0.2) is 42.7 Å². The van der Waals surface area contributed by atoms with E-state index in [9.17, 15) is 18.7 Å². The van der Waals surface area contributed by atoms with Crippen LogP contribution in [0.4, 0.5) is 8.78 Å². The lowest BCUT2D eigenvalue weighted by Gasteiger charge is -2.39. The molecule has 3 rings (SSSR count). The molecule has 1 aliphatic rings. The minimum absolute atomic E-state index is 0.0474. The standard InChI is InChI=1S/C21H24F2N2O4/c1-28-18-9-10-24-13-16(18)20(27)17-4-2-3-11-25(17)19(26)12-14-5-7-15(8-6-14)29-21(22)23/h5-10,13,17,20-21,27H,2-4,11-12H2,1H3. The van der Waals surface area contributed by atoms with Gasteiger partial charge in [-0.2, -0.15) is 8.78 Å². The summed E-state index contributed by atoms with van der Waals surface area (Å²) < 4.78 is 34.2. The van der Waals surface area contributed by atoms with Gasteiger partial charge in [-0.3, -0.25) is 9.78 Å². The lowest BCUT2D eigenvalue weighted by molar-refractivity contribution is -0.137. The number of hydrogen-bond donors (Lipinski definition) is 1. The number of carbonyl (C=O) groups excluding carboxylic acids is 1. The van der Waals surface area contributed by atoms with E-state index in [4.69, 9.17) is 4.74 Å². The molecule has 1 amide bonds. The zero-order valence-electron chi connectivity index (χ0n) is 16.1. The molecule has 1 aromatic heterocycles. The Morgan fingerprint density at radius 3 is 2.72 bits per heavy atom. The molecule has 2 aromatic rings. The molecule has 1 aliphatic heterocycles. The Balaban J connectivity index is 1.72. The van der Waals surface area contributed by atoms with Crippen LogP contribution in [0.1, 0.15) is 36.5 Å². The Bertz CT molecular complexity index is 817. The molecule has 0 radical (unpaired) electrons. The first-order chi connectivity index (χ1) is 14.0. The number of nitrogens with zero attached hydrogens (tertiary/aromatic N) is 2. The maximum Gasteiger partial charge on any atom is 0.387 e. The van der Waals surface area contributed by atoms with Gasteiger partial charge in [-0.15, -0.1) is 0 Å². The van der Waals surface area contributed by atoms with Crippen LogP contribution in [0.3, 0.4) is 0 Å². The topological polar surface area (TPSA) is 71.9 Å². The van der Waals surface area contributed by atoms with Crippen LogP contribution in [0.5, 0.6) is 11.5 Å². The Labute approximate surface area is 168 Å². The summed E-state index contributed by atoms with van der Waals surface area (Å²) in [5, 5.41) is 11.0. The summed E-state index contributed by atoms with van der Waals surface area (Å²) in [6, 6.07) is 7.31. The summed E-state index contributed by atoms with van der Waals surface area (Å²) in [6.07, 6.45) is 4.79. The Hall–Kier alpha value is -2.74. The van der Waals surface area contributed by atoms with Crippen molar-refractivity contribution < 1.29 is 28.2 Å². The van der Waals surface area contributed by atoms with Crippen LogP contribution in [0.25, 0.3) is 0 Å². The van der Waals surface area contributed by atoms with E-state index >= 15 is 0 Å². The number of ether oxygens (including phenoxy) is 2. The molecule has 156 valence electrons. The highest BCUT2D eigenvalue weighted by Gasteiger charge is 2.34. The first kappa shape index (κ1) is 21.0. The number of amides is 1. The van der Waals surface area contributed by atoms with Gasteiger partial charge in [0.2, 0.25) is 5.91 Å². The van der Waals surface area contributed by atoms with Gasteiger partial charge in [-0.1, -0.05) is 12.1 Å². The first-order valence-electron chi connectivity index (χ1n) is 9.48. The molecule has 1 N–H and O–H groups in total. The van der Waals surface area contributed by atoms with Crippen LogP contribution >= 0.6 is 0 Å². The second-order valence-electron chi connectivity index (χ2n) is 6.91. The second kappa shape index (κ2) is 9.65. The number of halogens is 2. The van der Waals surface area contributed by atoms with Crippen molar-refractivity contribution in [2.45, 2.75) is 44.4 Å². The second-order valence-corrected chi connectivity index (χ2v) is 6.91. The fraction of sp³-hybridized carbons (Fsp3) is 0.429. The van der Waals surface area contributed by atoms with Crippen molar-refractivity contribution in [3.63, 3.8) is 0 Å². The molecule has 0 aliphatic carbocycles. The number of rotatable bonds is 7. The number of benzene rings is 1. The number of aliphatic hydroxyl groups excluding tert-OH is 1. The Morgan fingerprint density at radius 1 is 1.28 bits per heavy atom. The molecule has 1 fully saturated rings. The number of alkyl halides is 2. The molecule has 1 saturated heterocycles. The Kier molecular flexibility index (Phi) is 6.98. The van der Waals surface area contributed by atoms with Crippen molar-refractivity contribution >= 4 is 5.91 Å². The smallest absolute Gasteiger partial charge is 0.387 e. The molecular formula is C21H24F2N2O4. The van der Waals surface area contributed by atoms with Crippen molar-refractivity contribution in [1.82, 2.24) is 9.88 Å². The number of likely N-dealkylation sites (tertiary alicyclic amines) is 1. The molecule has 2 unspecified atom stereocenters. The third kappa shape index (κ3) is 5.20. The van der Waals surface area contributed by atoms with Gasteiger partial charge >= 0.3 is 6.61 Å². The molecule has 2 atom stereocenters. The van der Waals surface area contributed by atoms with Crippen LogP contribution in [-0.2, 0) is 11.2 Å². The van der Waals surface area contributed by atoms with E-state index < -0.39 is 12.7 Å². The largest absolute Gasteiger partial charge is 0.496 e. The van der Waals surface area contributed by atoms with E-state index in [1.54, 1.807) is 35.5 Å². The predicted molar refractivity (Wildman–Crippen MR) is 102 cm³/mol. The highest BCUT2D eigenvalue weighted by atomic mass is 19.3. The summed E-state index contributed by atoms with van der Waals surface area (Å²) in [4.78, 5) is 18.7. The summed E-state index contributed by atoms with van der Waals surface area (Å²) in [7, 11) is 1.52. The molecule has 1 aromatic carbocycles. The van der Waals surface area contributed by atoms with Gasteiger partial charge in [0.25, 0.3) is 0 Å². The van der Waals surface area contributed by atoms with Crippen molar-refractivity contribution in [2.24, 2.45) is 0 Å². The lowest BCUT2D eigenvalue weighted by Crippen LogP contribution is -2.47. The fourth-order valence-electron chi connectivity index (χ4n) is 3.67. The zero-order valence-corrected chi connectivity index (χ0v) is 16.1. The van der Waals surface area contributed by atoms with E-state index in [2.05, 4.69) is 9.72 Å². The van der Waals surface area contributed by atoms with Crippen molar-refractivity contribution in [3.05, 3.63) is 53.9 Å². The molecule has 6 nitrogen and oxygen atoms in total. The van der Waals surface area contributed by atoms with E-state index in [1.807, 2.05) is 0 Å². The monoisotopic (exact) mass is 406 g/mol. The highest BCUT2D eigenvalue weighted by molar-refractivity contribution is 5.79. The molecule has 2 heterocycles. The van der Waals surface area contributed by atoms with Gasteiger partial charge in [-0.25, -0.2) is 0 Å². The molecule has 0 saturated carbocycles.